The number of ether oxygens (including phenoxy) is 4. The summed E-state index contributed by atoms with van der Waals surface area (Å²) in [7, 11) is 0. The zero-order valence-electron chi connectivity index (χ0n) is 50.3. The Morgan fingerprint density at radius 2 is 0.847 bits per heavy atom. The molecule has 0 aromatic carbocycles. The van der Waals surface area contributed by atoms with Crippen LogP contribution in [0.5, 0.6) is 0 Å². The van der Waals surface area contributed by atoms with Crippen LogP contribution in [0.3, 0.4) is 0 Å². The summed E-state index contributed by atoms with van der Waals surface area (Å²) in [5.74, 6) is -12.0. The number of carboxylic acids is 5. The van der Waals surface area contributed by atoms with Gasteiger partial charge in [0.15, 0.2) is 0 Å². The number of aliphatic carboxylic acids is 5. The van der Waals surface area contributed by atoms with Gasteiger partial charge in [0.05, 0.1) is 51.0 Å². The van der Waals surface area contributed by atoms with Crippen molar-refractivity contribution in [2.24, 2.45) is 17.8 Å². The predicted octanol–water partition coefficient (Wildman–Crippen LogP) is 5.44. The van der Waals surface area contributed by atoms with Crippen molar-refractivity contribution in [1.82, 2.24) is 21.3 Å². The third-order valence-corrected chi connectivity index (χ3v) is 14.1. The molecule has 0 fully saturated rings. The fourth-order valence-electron chi connectivity index (χ4n) is 8.81. The molecule has 0 aliphatic rings. The number of ketones is 3. The first kappa shape index (κ1) is 79.0. The highest BCUT2D eigenvalue weighted by atomic mass is 16.5. The van der Waals surface area contributed by atoms with Crippen molar-refractivity contribution in [3.63, 3.8) is 0 Å². The van der Waals surface area contributed by atoms with Crippen molar-refractivity contribution in [3.05, 3.63) is 0 Å². The van der Waals surface area contributed by atoms with Gasteiger partial charge >= 0.3 is 29.8 Å². The lowest BCUT2D eigenvalue weighted by Gasteiger charge is -2.17. The molecule has 0 unspecified atom stereocenters. The van der Waals surface area contributed by atoms with Crippen LogP contribution in [0.15, 0.2) is 0 Å². The molecule has 0 saturated heterocycles. The van der Waals surface area contributed by atoms with Crippen LogP contribution < -0.4 is 21.3 Å². The molecule has 0 bridgehead atoms. The summed E-state index contributed by atoms with van der Waals surface area (Å²) >= 11 is 0. The van der Waals surface area contributed by atoms with E-state index >= 15 is 0 Å². The molecule has 0 aromatic heterocycles. The molecule has 0 aliphatic heterocycles. The maximum absolute atomic E-state index is 12.7. The van der Waals surface area contributed by atoms with Gasteiger partial charge in [-0.15, -0.1) is 0 Å². The van der Waals surface area contributed by atoms with Crippen molar-refractivity contribution in [1.29, 1.82) is 0 Å². The van der Waals surface area contributed by atoms with Gasteiger partial charge in [-0.05, 0) is 58.3 Å². The third kappa shape index (κ3) is 46.9. The topological polar surface area (TPSA) is 411 Å². The van der Waals surface area contributed by atoms with E-state index in [-0.39, 0.29) is 149 Å². The van der Waals surface area contributed by atoms with Crippen LogP contribution in [-0.4, -0.2) is 186 Å². The highest BCUT2D eigenvalue weighted by molar-refractivity contribution is 5.88. The van der Waals surface area contributed by atoms with Crippen LogP contribution in [0.4, 0.5) is 0 Å². The summed E-state index contributed by atoms with van der Waals surface area (Å²) < 4.78 is 21.4. The van der Waals surface area contributed by atoms with E-state index in [9.17, 15) is 78.0 Å². The van der Waals surface area contributed by atoms with Crippen molar-refractivity contribution in [2.75, 3.05) is 65.9 Å². The summed E-state index contributed by atoms with van der Waals surface area (Å²) in [5.41, 5.74) is 0. The Balaban J connectivity index is -0.0000353. The van der Waals surface area contributed by atoms with E-state index in [1.807, 2.05) is 0 Å². The van der Waals surface area contributed by atoms with Gasteiger partial charge in [-0.3, -0.25) is 47.9 Å². The van der Waals surface area contributed by atoms with Gasteiger partial charge in [-0.2, -0.15) is 0 Å². The van der Waals surface area contributed by atoms with Crippen LogP contribution >= 0.6 is 0 Å². The number of carbonyl (C=O) groups excluding carboxylic acids is 7. The third-order valence-electron chi connectivity index (χ3n) is 14.1. The molecule has 0 saturated carbocycles. The maximum atomic E-state index is 12.7. The first-order valence-electron chi connectivity index (χ1n) is 30.3. The number of nitrogens with one attached hydrogen (secondary N) is 4. The SMILES string of the molecule is C[C@@H](CCCCNC(=O)COCCOCCNC(=O)COCCOCCCC(=O)CC[C@H](NC(=O)CC[C@H](CC(=O)CC[C@H](NC(=O)CCCCCCCCCCCCCCCCC(=O)O)C(=O)O)C(=O)O)C(=O)O)C(=O)C[C@H](C(=O)O)[C@@H](C)O.[HH].[HH]. The number of unbranched alkanes of at least 4 members (excludes halogenated alkanes) is 14. The summed E-state index contributed by atoms with van der Waals surface area (Å²) in [6.45, 7) is 4.14. The van der Waals surface area contributed by atoms with Crippen molar-refractivity contribution >= 4 is 70.8 Å². The number of Topliss-reactive ketones (excluding diaryl/α,β-unsaturated/α-hetero) is 3. The molecule has 10 N–H and O–H groups in total. The number of hydrogen-bond donors (Lipinski definition) is 10. The van der Waals surface area contributed by atoms with Crippen molar-refractivity contribution < 1.29 is 110 Å². The number of aliphatic hydroxyl groups excluding tert-OH is 1. The van der Waals surface area contributed by atoms with Gasteiger partial charge in [0.1, 0.15) is 42.6 Å². The Morgan fingerprint density at radius 1 is 0.388 bits per heavy atom. The number of carbonyl (C=O) groups is 12. The Labute approximate surface area is 502 Å². The second kappa shape index (κ2) is 51.3. The van der Waals surface area contributed by atoms with E-state index in [1.165, 1.54) is 26.2 Å². The van der Waals surface area contributed by atoms with Gasteiger partial charge in [-0.1, -0.05) is 90.4 Å². The maximum Gasteiger partial charge on any atom is 0.326 e. The lowest BCUT2D eigenvalue weighted by Crippen LogP contribution is -2.41. The monoisotopic (exact) mass is 1220 g/mol. The Hall–Kier alpha value is -5.96. The standard InChI is InChI=1S/C59H100N4O22.2H2/c1-42(50(67)39-47(43(2)64)57(76)77)20-17-18-30-60-53(70)40-85-37-35-83-33-31-61-54(71)41-84-36-34-82-32-19-21-45(65)25-27-48(58(78)79)63-52(69)29-24-44(56(74)75)38-46(66)26-28-49(59(80)81)62-51(68)22-15-13-11-9-7-5-3-4-6-8-10-12-14-16-23-55(72)73;;/h42-44,47-49,64H,3-41H2,1-2H3,(H,60,70)(H,61,71)(H,62,68)(H,63,69)(H,72,73)(H,74,75)(H,76,77)(H,78,79)(H,80,81);2*1H/t42-,43+,44+,47-,48-,49-;;/m0../s1. The largest absolute Gasteiger partial charge is 0.481 e. The molecule has 4 amide bonds. The molecule has 492 valence electrons. The molecular weight excluding hydrogens is 1120 g/mol. The van der Waals surface area contributed by atoms with E-state index in [1.54, 1.807) is 6.92 Å². The van der Waals surface area contributed by atoms with E-state index in [2.05, 4.69) is 21.3 Å². The molecule has 0 aliphatic carbocycles. The second-order valence-electron chi connectivity index (χ2n) is 21.6. The highest BCUT2D eigenvalue weighted by Gasteiger charge is 2.29. The lowest BCUT2D eigenvalue weighted by atomic mass is 9.89. The number of carboxylic acid groups (broad SMARTS) is 5. The second-order valence-corrected chi connectivity index (χ2v) is 21.6. The summed E-state index contributed by atoms with van der Waals surface area (Å²) in [5, 5.41) is 66.5. The van der Waals surface area contributed by atoms with Gasteiger partial charge in [0, 0.05) is 79.8 Å². The molecule has 85 heavy (non-hydrogen) atoms. The molecule has 0 rings (SSSR count). The van der Waals surface area contributed by atoms with Gasteiger partial charge in [0.2, 0.25) is 23.6 Å². The Bertz CT molecular complexity index is 2000. The van der Waals surface area contributed by atoms with Crippen LogP contribution in [0.1, 0.15) is 203 Å². The lowest BCUT2D eigenvalue weighted by molar-refractivity contribution is -0.148. The Kier molecular flexibility index (Phi) is 47.7. The van der Waals surface area contributed by atoms with Crippen LogP contribution in [-0.2, 0) is 76.5 Å². The first-order valence-corrected chi connectivity index (χ1v) is 30.3. The minimum absolute atomic E-state index is 0. The van der Waals surface area contributed by atoms with E-state index in [0.29, 0.717) is 38.6 Å². The van der Waals surface area contributed by atoms with E-state index in [0.717, 1.165) is 64.2 Å². The molecule has 0 spiro atoms. The smallest absolute Gasteiger partial charge is 0.326 e. The zero-order chi connectivity index (χ0) is 63.6. The molecule has 6 atom stereocenters. The number of hydrogen-bond acceptors (Lipinski definition) is 17. The van der Waals surface area contributed by atoms with Gasteiger partial charge < -0.3 is 70.9 Å². The minimum atomic E-state index is -1.44. The summed E-state index contributed by atoms with van der Waals surface area (Å²) in [4.78, 5) is 144. The molecule has 0 heterocycles. The van der Waals surface area contributed by atoms with Crippen LogP contribution in [0, 0.1) is 17.8 Å². The van der Waals surface area contributed by atoms with Crippen molar-refractivity contribution in [2.45, 2.75) is 218 Å². The first-order chi connectivity index (χ1) is 40.5. The van der Waals surface area contributed by atoms with Gasteiger partial charge in [-0.25, -0.2) is 9.59 Å². The zero-order valence-corrected chi connectivity index (χ0v) is 50.3. The van der Waals surface area contributed by atoms with Crippen molar-refractivity contribution in [3.8, 4) is 0 Å². The summed E-state index contributed by atoms with van der Waals surface area (Å²) in [6, 6.07) is -2.79. The minimum Gasteiger partial charge on any atom is -0.481 e. The quantitative estimate of drug-likeness (QED) is 0.0339. The average molecular weight is 1220 g/mol. The molecule has 0 aromatic rings. The predicted molar refractivity (Wildman–Crippen MR) is 312 cm³/mol. The normalized spacial score (nSPS) is 13.3. The number of aliphatic hydroxyl groups is 1. The van der Waals surface area contributed by atoms with Crippen LogP contribution in [0.2, 0.25) is 0 Å². The molecular formula is C59H104N4O22. The highest BCUT2D eigenvalue weighted by Crippen LogP contribution is 2.19. The van der Waals surface area contributed by atoms with E-state index < -0.39 is 90.3 Å². The number of amides is 4. The van der Waals surface area contributed by atoms with Crippen LogP contribution in [0.25, 0.3) is 0 Å². The molecule has 26 heteroatoms. The van der Waals surface area contributed by atoms with E-state index in [4.69, 9.17) is 29.2 Å². The Morgan fingerprint density at radius 3 is 1.33 bits per heavy atom. The average Bonchev–Trinajstić information content (AvgIpc) is 3.65. The molecule has 0 radical (unpaired) electrons. The number of rotatable bonds is 60. The van der Waals surface area contributed by atoms with Gasteiger partial charge in [0.25, 0.3) is 0 Å². The fraction of sp³-hybridized carbons (Fsp3) is 0.797. The fourth-order valence-corrected chi connectivity index (χ4v) is 8.81. The summed E-state index contributed by atoms with van der Waals surface area (Å²) in [6.07, 6.45) is 13.1. The molecule has 26 nitrogen and oxygen atoms in total.